The number of hydrogen-bond acceptors (Lipinski definition) is 4. The Morgan fingerprint density at radius 1 is 1.08 bits per heavy atom. The zero-order chi connectivity index (χ0) is 18.4. The van der Waals surface area contributed by atoms with E-state index in [0.29, 0.717) is 10.7 Å². The minimum absolute atomic E-state index is 0.160. The zero-order valence-corrected chi connectivity index (χ0v) is 16.0. The SMILES string of the molecule is Cc1ccc(SCC(=O)OCC(=O)Nc2ccc(C)c(Cl)c2)c(C)c1. The van der Waals surface area contributed by atoms with Crippen molar-refractivity contribution < 1.29 is 14.3 Å². The van der Waals surface area contributed by atoms with Crippen molar-refractivity contribution in [1.82, 2.24) is 0 Å². The molecule has 0 fully saturated rings. The van der Waals surface area contributed by atoms with Gasteiger partial charge in [0, 0.05) is 15.6 Å². The number of thioether (sulfide) groups is 1. The first-order chi connectivity index (χ1) is 11.8. The summed E-state index contributed by atoms with van der Waals surface area (Å²) in [6.45, 7) is 5.58. The summed E-state index contributed by atoms with van der Waals surface area (Å²) in [5.41, 5.74) is 3.79. The summed E-state index contributed by atoms with van der Waals surface area (Å²) in [7, 11) is 0. The highest BCUT2D eigenvalue weighted by atomic mass is 35.5. The van der Waals surface area contributed by atoms with Crippen molar-refractivity contribution >= 4 is 40.9 Å². The van der Waals surface area contributed by atoms with Crippen LogP contribution in [0.25, 0.3) is 0 Å². The lowest BCUT2D eigenvalue weighted by Gasteiger charge is -2.09. The number of benzene rings is 2. The first kappa shape index (κ1) is 19.3. The predicted molar refractivity (Wildman–Crippen MR) is 102 cm³/mol. The Labute approximate surface area is 156 Å². The molecule has 0 radical (unpaired) electrons. The molecule has 25 heavy (non-hydrogen) atoms. The molecule has 0 aliphatic carbocycles. The topological polar surface area (TPSA) is 55.4 Å². The lowest BCUT2D eigenvalue weighted by molar-refractivity contribution is -0.144. The van der Waals surface area contributed by atoms with E-state index in [1.54, 1.807) is 12.1 Å². The summed E-state index contributed by atoms with van der Waals surface area (Å²) in [5.74, 6) is -0.667. The van der Waals surface area contributed by atoms with Gasteiger partial charge in [0.05, 0.1) is 5.75 Å². The molecule has 2 rings (SSSR count). The van der Waals surface area contributed by atoms with Gasteiger partial charge < -0.3 is 10.1 Å². The smallest absolute Gasteiger partial charge is 0.316 e. The molecule has 1 amide bonds. The van der Waals surface area contributed by atoms with E-state index in [-0.39, 0.29) is 12.4 Å². The van der Waals surface area contributed by atoms with E-state index in [1.165, 1.54) is 17.3 Å². The van der Waals surface area contributed by atoms with E-state index >= 15 is 0 Å². The molecule has 132 valence electrons. The normalized spacial score (nSPS) is 10.4. The zero-order valence-electron chi connectivity index (χ0n) is 14.4. The average Bonchev–Trinajstić information content (AvgIpc) is 2.55. The number of amides is 1. The molecule has 6 heteroatoms. The second-order valence-corrected chi connectivity index (χ2v) is 7.15. The van der Waals surface area contributed by atoms with Gasteiger partial charge in [-0.25, -0.2) is 0 Å². The van der Waals surface area contributed by atoms with E-state index in [0.717, 1.165) is 16.0 Å². The van der Waals surface area contributed by atoms with Gasteiger partial charge in [0.25, 0.3) is 5.91 Å². The second kappa shape index (κ2) is 8.92. The Kier molecular flexibility index (Phi) is 6.91. The third kappa shape index (κ3) is 6.11. The van der Waals surface area contributed by atoms with Crippen LogP contribution in [0.5, 0.6) is 0 Å². The number of carbonyl (C=O) groups excluding carboxylic acids is 2. The predicted octanol–water partition coefficient (Wildman–Crippen LogP) is 4.54. The molecule has 0 spiro atoms. The first-order valence-electron chi connectivity index (χ1n) is 7.77. The first-order valence-corrected chi connectivity index (χ1v) is 9.13. The van der Waals surface area contributed by atoms with E-state index in [1.807, 2.05) is 39.0 Å². The summed E-state index contributed by atoms with van der Waals surface area (Å²) in [6.07, 6.45) is 0. The minimum Gasteiger partial charge on any atom is -0.455 e. The highest BCUT2D eigenvalue weighted by Crippen LogP contribution is 2.23. The summed E-state index contributed by atoms with van der Waals surface area (Å²) >= 11 is 7.41. The molecule has 0 heterocycles. The third-order valence-corrected chi connectivity index (χ3v) is 5.05. The Hall–Kier alpha value is -1.98. The summed E-state index contributed by atoms with van der Waals surface area (Å²) in [4.78, 5) is 24.7. The number of esters is 1. The number of halogens is 1. The van der Waals surface area contributed by atoms with Crippen molar-refractivity contribution in [2.45, 2.75) is 25.7 Å². The van der Waals surface area contributed by atoms with E-state index in [2.05, 4.69) is 11.4 Å². The molecule has 0 unspecified atom stereocenters. The highest BCUT2D eigenvalue weighted by molar-refractivity contribution is 8.00. The molecule has 4 nitrogen and oxygen atoms in total. The van der Waals surface area contributed by atoms with Gasteiger partial charge in [0.1, 0.15) is 0 Å². The van der Waals surface area contributed by atoms with Gasteiger partial charge in [-0.1, -0.05) is 35.4 Å². The van der Waals surface area contributed by atoms with Gasteiger partial charge in [-0.2, -0.15) is 0 Å². The average molecular weight is 378 g/mol. The van der Waals surface area contributed by atoms with Crippen LogP contribution in [-0.4, -0.2) is 24.2 Å². The monoisotopic (exact) mass is 377 g/mol. The van der Waals surface area contributed by atoms with Crippen molar-refractivity contribution in [3.05, 3.63) is 58.1 Å². The summed E-state index contributed by atoms with van der Waals surface area (Å²) < 4.78 is 5.01. The molecule has 2 aromatic rings. The molecule has 0 bridgehead atoms. The van der Waals surface area contributed by atoms with Crippen molar-refractivity contribution in [3.63, 3.8) is 0 Å². The lowest BCUT2D eigenvalue weighted by atomic mass is 10.2. The maximum absolute atomic E-state index is 11.8. The molecular formula is C19H20ClNO3S. The van der Waals surface area contributed by atoms with Crippen LogP contribution < -0.4 is 5.32 Å². The summed E-state index contributed by atoms with van der Waals surface area (Å²) in [5, 5.41) is 3.22. The quantitative estimate of drug-likeness (QED) is 0.593. The van der Waals surface area contributed by atoms with Crippen LogP contribution in [0.1, 0.15) is 16.7 Å². The fraction of sp³-hybridized carbons (Fsp3) is 0.263. The Bertz CT molecular complexity index is 792. The van der Waals surface area contributed by atoms with E-state index in [9.17, 15) is 9.59 Å². The molecule has 2 aromatic carbocycles. The fourth-order valence-corrected chi connectivity index (χ4v) is 3.14. The van der Waals surface area contributed by atoms with Gasteiger partial charge in [-0.15, -0.1) is 11.8 Å². The van der Waals surface area contributed by atoms with E-state index < -0.39 is 11.9 Å². The number of anilines is 1. The van der Waals surface area contributed by atoms with Crippen LogP contribution in [-0.2, 0) is 14.3 Å². The minimum atomic E-state index is -0.429. The number of nitrogens with one attached hydrogen (secondary N) is 1. The number of hydrogen-bond donors (Lipinski definition) is 1. The van der Waals surface area contributed by atoms with Crippen LogP contribution in [0.15, 0.2) is 41.3 Å². The highest BCUT2D eigenvalue weighted by Gasteiger charge is 2.10. The molecule has 0 saturated heterocycles. The molecular weight excluding hydrogens is 358 g/mol. The largest absolute Gasteiger partial charge is 0.455 e. The molecule has 0 saturated carbocycles. The van der Waals surface area contributed by atoms with Crippen LogP contribution in [0.2, 0.25) is 5.02 Å². The van der Waals surface area contributed by atoms with Gasteiger partial charge in [0.15, 0.2) is 6.61 Å². The Balaban J connectivity index is 1.77. The standard InChI is InChI=1S/C19H20ClNO3S/c1-12-4-7-17(14(3)8-12)25-11-19(23)24-10-18(22)21-15-6-5-13(2)16(20)9-15/h4-9H,10-11H2,1-3H3,(H,21,22). The molecule has 0 atom stereocenters. The molecule has 0 aliphatic rings. The second-order valence-electron chi connectivity index (χ2n) is 5.73. The van der Waals surface area contributed by atoms with Crippen molar-refractivity contribution in [3.8, 4) is 0 Å². The fourth-order valence-electron chi connectivity index (χ4n) is 2.15. The molecule has 1 N–H and O–H groups in total. The van der Waals surface area contributed by atoms with Gasteiger partial charge >= 0.3 is 5.97 Å². The van der Waals surface area contributed by atoms with Crippen molar-refractivity contribution in [2.24, 2.45) is 0 Å². The molecule has 0 aromatic heterocycles. The summed E-state index contributed by atoms with van der Waals surface area (Å²) in [6, 6.07) is 11.3. The Morgan fingerprint density at radius 3 is 2.52 bits per heavy atom. The van der Waals surface area contributed by atoms with Gasteiger partial charge in [-0.05, 0) is 50.1 Å². The van der Waals surface area contributed by atoms with Crippen molar-refractivity contribution in [2.75, 3.05) is 17.7 Å². The van der Waals surface area contributed by atoms with Crippen LogP contribution in [0.4, 0.5) is 5.69 Å². The molecule has 0 aliphatic heterocycles. The van der Waals surface area contributed by atoms with E-state index in [4.69, 9.17) is 16.3 Å². The maximum atomic E-state index is 11.8. The number of ether oxygens (including phenoxy) is 1. The number of carbonyl (C=O) groups is 2. The lowest BCUT2D eigenvalue weighted by Crippen LogP contribution is -2.21. The van der Waals surface area contributed by atoms with Crippen LogP contribution in [0.3, 0.4) is 0 Å². The van der Waals surface area contributed by atoms with Crippen molar-refractivity contribution in [1.29, 1.82) is 0 Å². The third-order valence-electron chi connectivity index (χ3n) is 3.50. The van der Waals surface area contributed by atoms with Gasteiger partial charge in [0.2, 0.25) is 0 Å². The van der Waals surface area contributed by atoms with Gasteiger partial charge in [-0.3, -0.25) is 9.59 Å². The number of rotatable bonds is 6. The van der Waals surface area contributed by atoms with Crippen LogP contribution in [0, 0.1) is 20.8 Å². The maximum Gasteiger partial charge on any atom is 0.316 e. The number of aryl methyl sites for hydroxylation is 3. The van der Waals surface area contributed by atoms with Crippen LogP contribution >= 0.6 is 23.4 Å². The Morgan fingerprint density at radius 2 is 1.84 bits per heavy atom.